The number of ether oxygens (including phenoxy) is 1. The van der Waals surface area contributed by atoms with E-state index in [4.69, 9.17) is 4.74 Å². The number of morpholine rings is 1. The maximum atomic E-state index is 14.1. The highest BCUT2D eigenvalue weighted by Gasteiger charge is 2.34. The van der Waals surface area contributed by atoms with E-state index in [1.807, 2.05) is 7.05 Å². The van der Waals surface area contributed by atoms with Crippen LogP contribution in [0, 0.1) is 11.6 Å². The Labute approximate surface area is 118 Å². The minimum Gasteiger partial charge on any atom is -0.374 e. The van der Waals surface area contributed by atoms with Crippen molar-refractivity contribution in [1.82, 2.24) is 10.2 Å². The molecule has 0 bridgehead atoms. The van der Waals surface area contributed by atoms with Gasteiger partial charge >= 0.3 is 0 Å². The molecule has 1 aliphatic heterocycles. The molecule has 1 aromatic rings. The van der Waals surface area contributed by atoms with Gasteiger partial charge in [-0.2, -0.15) is 0 Å². The van der Waals surface area contributed by atoms with E-state index < -0.39 is 11.6 Å². The molecule has 3 nitrogen and oxygen atoms in total. The SMILES string of the molecule is CCCN1CCOC(CNC)C1c1cccc(F)c1F. The van der Waals surface area contributed by atoms with Gasteiger partial charge in [-0.15, -0.1) is 0 Å². The van der Waals surface area contributed by atoms with Crippen LogP contribution in [-0.4, -0.2) is 44.3 Å². The topological polar surface area (TPSA) is 24.5 Å². The molecular weight excluding hydrogens is 262 g/mol. The van der Waals surface area contributed by atoms with Crippen LogP contribution in [0.1, 0.15) is 24.9 Å². The molecule has 112 valence electrons. The van der Waals surface area contributed by atoms with Crippen molar-refractivity contribution in [1.29, 1.82) is 0 Å². The van der Waals surface area contributed by atoms with Gasteiger partial charge in [-0.1, -0.05) is 19.1 Å². The molecular formula is C15H22F2N2O. The lowest BCUT2D eigenvalue weighted by Crippen LogP contribution is -2.49. The van der Waals surface area contributed by atoms with Crippen LogP contribution in [0.4, 0.5) is 8.78 Å². The third-order valence-corrected chi connectivity index (χ3v) is 3.67. The summed E-state index contributed by atoms with van der Waals surface area (Å²) in [7, 11) is 1.83. The molecule has 0 aliphatic carbocycles. The molecule has 2 unspecified atom stereocenters. The van der Waals surface area contributed by atoms with Gasteiger partial charge in [0, 0.05) is 18.7 Å². The van der Waals surface area contributed by atoms with Crippen molar-refractivity contribution in [2.45, 2.75) is 25.5 Å². The molecule has 1 heterocycles. The summed E-state index contributed by atoms with van der Waals surface area (Å²) in [5.41, 5.74) is 0.387. The van der Waals surface area contributed by atoms with Crippen LogP contribution >= 0.6 is 0 Å². The van der Waals surface area contributed by atoms with E-state index in [0.29, 0.717) is 18.7 Å². The van der Waals surface area contributed by atoms with E-state index in [1.165, 1.54) is 0 Å². The van der Waals surface area contributed by atoms with Gasteiger partial charge < -0.3 is 10.1 Å². The van der Waals surface area contributed by atoms with Crippen LogP contribution in [0.3, 0.4) is 0 Å². The number of nitrogens with one attached hydrogen (secondary N) is 1. The van der Waals surface area contributed by atoms with E-state index in [0.717, 1.165) is 25.6 Å². The van der Waals surface area contributed by atoms with Gasteiger partial charge in [0.1, 0.15) is 0 Å². The van der Waals surface area contributed by atoms with Crippen molar-refractivity contribution >= 4 is 0 Å². The largest absolute Gasteiger partial charge is 0.374 e. The Morgan fingerprint density at radius 1 is 1.40 bits per heavy atom. The summed E-state index contributed by atoms with van der Waals surface area (Å²) in [6.45, 7) is 4.92. The fourth-order valence-electron chi connectivity index (χ4n) is 2.84. The summed E-state index contributed by atoms with van der Waals surface area (Å²) in [5, 5.41) is 3.07. The zero-order chi connectivity index (χ0) is 14.5. The third-order valence-electron chi connectivity index (χ3n) is 3.67. The van der Waals surface area contributed by atoms with Crippen molar-refractivity contribution in [3.8, 4) is 0 Å². The van der Waals surface area contributed by atoms with Gasteiger partial charge in [-0.05, 0) is 26.1 Å². The Morgan fingerprint density at radius 2 is 2.20 bits per heavy atom. The maximum Gasteiger partial charge on any atom is 0.163 e. The number of hydrogen-bond donors (Lipinski definition) is 1. The summed E-state index contributed by atoms with van der Waals surface area (Å²) < 4.78 is 33.4. The van der Waals surface area contributed by atoms with Gasteiger partial charge in [0.15, 0.2) is 11.6 Å². The Balaban J connectivity index is 2.35. The highest BCUT2D eigenvalue weighted by atomic mass is 19.2. The number of likely N-dealkylation sites (N-methyl/N-ethyl adjacent to an activating group) is 1. The Bertz CT molecular complexity index is 424. The van der Waals surface area contributed by atoms with E-state index in [1.54, 1.807) is 12.1 Å². The second kappa shape index (κ2) is 7.11. The second-order valence-corrected chi connectivity index (χ2v) is 5.09. The predicted octanol–water partition coefficient (Wildman–Crippen LogP) is 2.34. The molecule has 0 radical (unpaired) electrons. The summed E-state index contributed by atoms with van der Waals surface area (Å²) in [5.74, 6) is -1.56. The molecule has 1 aromatic carbocycles. The lowest BCUT2D eigenvalue weighted by atomic mass is 9.96. The Kier molecular flexibility index (Phi) is 5.46. The summed E-state index contributed by atoms with van der Waals surface area (Å²) in [6, 6.07) is 4.12. The average molecular weight is 284 g/mol. The molecule has 0 saturated carbocycles. The van der Waals surface area contributed by atoms with Crippen molar-refractivity contribution in [2.75, 3.05) is 33.3 Å². The molecule has 1 N–H and O–H groups in total. The molecule has 20 heavy (non-hydrogen) atoms. The molecule has 2 rings (SSSR count). The molecule has 1 fully saturated rings. The third kappa shape index (κ3) is 3.16. The number of rotatable bonds is 5. The first kappa shape index (κ1) is 15.4. The molecule has 1 saturated heterocycles. The minimum absolute atomic E-state index is 0.170. The number of halogens is 2. The zero-order valence-electron chi connectivity index (χ0n) is 12.0. The molecule has 2 atom stereocenters. The van der Waals surface area contributed by atoms with Crippen LogP contribution in [-0.2, 0) is 4.74 Å². The highest BCUT2D eigenvalue weighted by molar-refractivity contribution is 5.24. The van der Waals surface area contributed by atoms with Gasteiger partial charge in [0.05, 0.1) is 18.8 Å². The highest BCUT2D eigenvalue weighted by Crippen LogP contribution is 2.31. The fourth-order valence-corrected chi connectivity index (χ4v) is 2.84. The van der Waals surface area contributed by atoms with Crippen molar-refractivity contribution in [2.24, 2.45) is 0 Å². The zero-order valence-corrected chi connectivity index (χ0v) is 12.0. The summed E-state index contributed by atoms with van der Waals surface area (Å²) >= 11 is 0. The molecule has 5 heteroatoms. The van der Waals surface area contributed by atoms with E-state index in [2.05, 4.69) is 17.1 Å². The van der Waals surface area contributed by atoms with E-state index in [-0.39, 0.29) is 12.1 Å². The minimum atomic E-state index is -0.798. The maximum absolute atomic E-state index is 14.1. The smallest absolute Gasteiger partial charge is 0.163 e. The molecule has 0 aromatic heterocycles. The number of benzene rings is 1. The first-order chi connectivity index (χ1) is 9.69. The average Bonchev–Trinajstić information content (AvgIpc) is 2.44. The first-order valence-electron chi connectivity index (χ1n) is 7.13. The lowest BCUT2D eigenvalue weighted by molar-refractivity contribution is -0.0715. The Morgan fingerprint density at radius 3 is 2.90 bits per heavy atom. The van der Waals surface area contributed by atoms with Gasteiger partial charge in [0.2, 0.25) is 0 Å². The lowest BCUT2D eigenvalue weighted by Gasteiger charge is -2.41. The summed E-state index contributed by atoms with van der Waals surface area (Å²) in [6.07, 6.45) is 0.802. The number of hydrogen-bond acceptors (Lipinski definition) is 3. The normalized spacial score (nSPS) is 24.0. The van der Waals surface area contributed by atoms with E-state index >= 15 is 0 Å². The first-order valence-corrected chi connectivity index (χ1v) is 7.13. The predicted molar refractivity (Wildman–Crippen MR) is 74.6 cm³/mol. The van der Waals surface area contributed by atoms with Crippen LogP contribution in [0.5, 0.6) is 0 Å². The second-order valence-electron chi connectivity index (χ2n) is 5.09. The van der Waals surface area contributed by atoms with Crippen molar-refractivity contribution < 1.29 is 13.5 Å². The van der Waals surface area contributed by atoms with Gasteiger partial charge in [0.25, 0.3) is 0 Å². The molecule has 0 amide bonds. The van der Waals surface area contributed by atoms with Gasteiger partial charge in [-0.3, -0.25) is 4.90 Å². The van der Waals surface area contributed by atoms with Crippen molar-refractivity contribution in [3.63, 3.8) is 0 Å². The van der Waals surface area contributed by atoms with Crippen LogP contribution in [0.15, 0.2) is 18.2 Å². The number of nitrogens with zero attached hydrogens (tertiary/aromatic N) is 1. The van der Waals surface area contributed by atoms with Gasteiger partial charge in [-0.25, -0.2) is 8.78 Å². The van der Waals surface area contributed by atoms with Crippen LogP contribution in [0.25, 0.3) is 0 Å². The van der Waals surface area contributed by atoms with Crippen LogP contribution < -0.4 is 5.32 Å². The molecule has 1 aliphatic rings. The van der Waals surface area contributed by atoms with Crippen molar-refractivity contribution in [3.05, 3.63) is 35.4 Å². The Hall–Kier alpha value is -1.04. The summed E-state index contributed by atoms with van der Waals surface area (Å²) in [4.78, 5) is 2.18. The monoisotopic (exact) mass is 284 g/mol. The van der Waals surface area contributed by atoms with Crippen LogP contribution in [0.2, 0.25) is 0 Å². The quantitative estimate of drug-likeness (QED) is 0.898. The fraction of sp³-hybridized carbons (Fsp3) is 0.600. The molecule has 0 spiro atoms. The standard InChI is InChI=1S/C15H22F2N2O/c1-3-7-19-8-9-20-13(10-18-2)15(19)11-5-4-6-12(16)14(11)17/h4-6,13,15,18H,3,7-10H2,1-2H3. The van der Waals surface area contributed by atoms with E-state index in [9.17, 15) is 8.78 Å².